The molecule has 0 aromatic heterocycles. The van der Waals surface area contributed by atoms with Gasteiger partial charge in [0.25, 0.3) is 0 Å². The highest BCUT2D eigenvalue weighted by Gasteiger charge is 2.24. The lowest BCUT2D eigenvalue weighted by Crippen LogP contribution is -2.46. The van der Waals surface area contributed by atoms with E-state index in [9.17, 15) is 14.4 Å². The molecule has 1 aliphatic rings. The van der Waals surface area contributed by atoms with E-state index >= 15 is 0 Å². The van der Waals surface area contributed by atoms with Crippen molar-refractivity contribution in [2.75, 3.05) is 24.5 Å². The Morgan fingerprint density at radius 2 is 1.83 bits per heavy atom. The second-order valence-corrected chi connectivity index (χ2v) is 8.11. The molecule has 1 aromatic carbocycles. The third-order valence-corrected chi connectivity index (χ3v) is 5.18. The molecule has 162 valence electrons. The summed E-state index contributed by atoms with van der Waals surface area (Å²) in [5, 5.41) is 11.9. The lowest BCUT2D eigenvalue weighted by atomic mass is 10.0. The van der Waals surface area contributed by atoms with Gasteiger partial charge in [-0.25, -0.2) is 0 Å². The first-order valence-corrected chi connectivity index (χ1v) is 10.7. The van der Waals surface area contributed by atoms with Gasteiger partial charge in [0.15, 0.2) is 0 Å². The van der Waals surface area contributed by atoms with Crippen LogP contribution in [-0.2, 0) is 14.4 Å². The molecule has 1 fully saturated rings. The minimum absolute atomic E-state index is 0.0412. The summed E-state index contributed by atoms with van der Waals surface area (Å²) < 4.78 is 0. The largest absolute Gasteiger partial charge is 0.353 e. The molecule has 0 atom stereocenters. The maximum Gasteiger partial charge on any atom is 0.227 e. The number of carbonyl (C=O) groups excluding carboxylic acids is 3. The Hall–Kier alpha value is -2.88. The molecule has 0 radical (unpaired) electrons. The highest BCUT2D eigenvalue weighted by atomic mass is 16.2. The zero-order valence-corrected chi connectivity index (χ0v) is 18.0. The number of amides is 3. The number of benzene rings is 1. The topological polar surface area (TPSA) is 93.5 Å². The average Bonchev–Trinajstić information content (AvgIpc) is 2.73. The van der Waals surface area contributed by atoms with Gasteiger partial charge in [-0.1, -0.05) is 32.0 Å². The van der Waals surface area contributed by atoms with Crippen LogP contribution in [0.1, 0.15) is 52.4 Å². The number of para-hydroxylation sites is 1. The first kappa shape index (κ1) is 23.4. The molecule has 30 heavy (non-hydrogen) atoms. The molecular formula is C23H32N4O3. The molecule has 0 bridgehead atoms. The van der Waals surface area contributed by atoms with Gasteiger partial charge in [-0.15, -0.1) is 0 Å². The fourth-order valence-corrected chi connectivity index (χ4v) is 3.57. The van der Waals surface area contributed by atoms with Gasteiger partial charge >= 0.3 is 0 Å². The molecule has 1 saturated heterocycles. The Morgan fingerprint density at radius 1 is 1.17 bits per heavy atom. The van der Waals surface area contributed by atoms with Crippen molar-refractivity contribution in [3.8, 4) is 6.07 Å². The molecule has 1 aliphatic heterocycles. The van der Waals surface area contributed by atoms with E-state index in [0.717, 1.165) is 18.5 Å². The van der Waals surface area contributed by atoms with Gasteiger partial charge in [-0.05, 0) is 30.9 Å². The Labute approximate surface area is 179 Å². The average molecular weight is 413 g/mol. The number of nitrogens with zero attached hydrogens (tertiary/aromatic N) is 3. The third-order valence-electron chi connectivity index (χ3n) is 5.18. The fraction of sp³-hybridized carbons (Fsp3) is 0.565. The molecule has 7 nitrogen and oxygen atoms in total. The second kappa shape index (κ2) is 12.0. The zero-order valence-electron chi connectivity index (χ0n) is 18.0. The zero-order chi connectivity index (χ0) is 21.9. The van der Waals surface area contributed by atoms with Crippen molar-refractivity contribution in [3.05, 3.63) is 30.3 Å². The van der Waals surface area contributed by atoms with Gasteiger partial charge in [0.2, 0.25) is 17.7 Å². The summed E-state index contributed by atoms with van der Waals surface area (Å²) in [7, 11) is 0. The van der Waals surface area contributed by atoms with Crippen LogP contribution in [0.2, 0.25) is 0 Å². The summed E-state index contributed by atoms with van der Waals surface area (Å²) in [6.45, 7) is 5.69. The molecule has 0 aliphatic carbocycles. The van der Waals surface area contributed by atoms with Crippen molar-refractivity contribution in [2.45, 2.75) is 58.4 Å². The number of likely N-dealkylation sites (tertiary alicyclic amines) is 1. The van der Waals surface area contributed by atoms with Crippen LogP contribution in [0.15, 0.2) is 30.3 Å². The van der Waals surface area contributed by atoms with Gasteiger partial charge in [-0.3, -0.25) is 14.4 Å². The predicted octanol–water partition coefficient (Wildman–Crippen LogP) is 2.87. The molecule has 1 heterocycles. The third kappa shape index (κ3) is 7.51. The first-order valence-electron chi connectivity index (χ1n) is 10.7. The lowest BCUT2D eigenvalue weighted by molar-refractivity contribution is -0.133. The number of piperidine rings is 1. The Kier molecular flexibility index (Phi) is 9.33. The van der Waals surface area contributed by atoms with E-state index in [-0.39, 0.29) is 43.0 Å². The number of nitrogens with one attached hydrogen (secondary N) is 1. The van der Waals surface area contributed by atoms with Crippen LogP contribution >= 0.6 is 0 Å². The van der Waals surface area contributed by atoms with Crippen molar-refractivity contribution in [1.29, 1.82) is 5.26 Å². The highest BCUT2D eigenvalue weighted by molar-refractivity contribution is 5.95. The van der Waals surface area contributed by atoms with E-state index in [1.165, 1.54) is 0 Å². The summed E-state index contributed by atoms with van der Waals surface area (Å²) in [6, 6.07) is 11.3. The number of nitriles is 1. The summed E-state index contributed by atoms with van der Waals surface area (Å²) in [5.41, 5.74) is 0.733. The Bertz CT molecular complexity index is 749. The number of hydrogen-bond acceptors (Lipinski definition) is 4. The lowest BCUT2D eigenvalue weighted by Gasteiger charge is -2.33. The SMILES string of the molecule is CC(C)CC(=O)N1CCC(NC(=O)CCC(=O)N(CCC#N)c2ccccc2)CC1. The molecular weight excluding hydrogens is 380 g/mol. The van der Waals surface area contributed by atoms with E-state index < -0.39 is 0 Å². The maximum atomic E-state index is 12.6. The van der Waals surface area contributed by atoms with E-state index in [1.54, 1.807) is 4.90 Å². The Balaban J connectivity index is 1.77. The van der Waals surface area contributed by atoms with Crippen molar-refractivity contribution in [3.63, 3.8) is 0 Å². The van der Waals surface area contributed by atoms with Gasteiger partial charge in [-0.2, -0.15) is 5.26 Å². The summed E-state index contributed by atoms with van der Waals surface area (Å²) in [4.78, 5) is 40.6. The predicted molar refractivity (Wildman–Crippen MR) is 115 cm³/mol. The minimum atomic E-state index is -0.166. The van der Waals surface area contributed by atoms with Crippen LogP contribution < -0.4 is 10.2 Å². The van der Waals surface area contributed by atoms with E-state index in [0.29, 0.717) is 32.0 Å². The number of rotatable bonds is 9. The van der Waals surface area contributed by atoms with E-state index in [1.807, 2.05) is 49.1 Å². The summed E-state index contributed by atoms with van der Waals surface area (Å²) >= 11 is 0. The molecule has 1 N–H and O–H groups in total. The number of hydrogen-bond donors (Lipinski definition) is 1. The standard InChI is InChI=1S/C23H32N4O3/c1-18(2)17-23(30)26-15-11-19(12-16-26)25-21(28)9-10-22(29)27(14-6-13-24)20-7-4-3-5-8-20/h3-5,7-8,18-19H,6,9-12,14-17H2,1-2H3,(H,25,28). The summed E-state index contributed by atoms with van der Waals surface area (Å²) in [6.07, 6.45) is 2.48. The maximum absolute atomic E-state index is 12.6. The van der Waals surface area contributed by atoms with E-state index in [2.05, 4.69) is 11.4 Å². The molecule has 3 amide bonds. The molecule has 0 spiro atoms. The van der Waals surface area contributed by atoms with Crippen LogP contribution in [0, 0.1) is 17.2 Å². The number of carbonyl (C=O) groups is 3. The normalized spacial score (nSPS) is 14.3. The first-order chi connectivity index (χ1) is 14.4. The molecule has 0 unspecified atom stereocenters. The monoisotopic (exact) mass is 412 g/mol. The van der Waals surface area contributed by atoms with Crippen molar-refractivity contribution < 1.29 is 14.4 Å². The van der Waals surface area contributed by atoms with Crippen molar-refractivity contribution in [2.24, 2.45) is 5.92 Å². The van der Waals surface area contributed by atoms with Gasteiger partial charge in [0.1, 0.15) is 0 Å². The molecule has 0 saturated carbocycles. The van der Waals surface area contributed by atoms with Crippen LogP contribution in [-0.4, -0.2) is 48.3 Å². The van der Waals surface area contributed by atoms with E-state index in [4.69, 9.17) is 5.26 Å². The van der Waals surface area contributed by atoms with Gasteiger partial charge < -0.3 is 15.1 Å². The van der Waals surface area contributed by atoms with Crippen molar-refractivity contribution >= 4 is 23.4 Å². The molecule has 7 heteroatoms. The van der Waals surface area contributed by atoms with Crippen LogP contribution in [0.25, 0.3) is 0 Å². The number of anilines is 1. The van der Waals surface area contributed by atoms with Crippen LogP contribution in [0.3, 0.4) is 0 Å². The smallest absolute Gasteiger partial charge is 0.227 e. The molecule has 1 aromatic rings. The Morgan fingerprint density at radius 3 is 2.43 bits per heavy atom. The highest BCUT2D eigenvalue weighted by Crippen LogP contribution is 2.16. The fourth-order valence-electron chi connectivity index (χ4n) is 3.57. The second-order valence-electron chi connectivity index (χ2n) is 8.11. The van der Waals surface area contributed by atoms with Crippen molar-refractivity contribution in [1.82, 2.24) is 10.2 Å². The quantitative estimate of drug-likeness (QED) is 0.675. The van der Waals surface area contributed by atoms with Gasteiger partial charge in [0, 0.05) is 50.6 Å². The summed E-state index contributed by atoms with van der Waals surface area (Å²) in [5.74, 6) is 0.208. The van der Waals surface area contributed by atoms with Crippen LogP contribution in [0.5, 0.6) is 0 Å². The molecule has 2 rings (SSSR count). The van der Waals surface area contributed by atoms with Gasteiger partial charge in [0.05, 0.1) is 12.5 Å². The minimum Gasteiger partial charge on any atom is -0.353 e. The van der Waals surface area contributed by atoms with Crippen LogP contribution in [0.4, 0.5) is 5.69 Å².